The number of aromatic nitrogens is 4. The van der Waals surface area contributed by atoms with Gasteiger partial charge in [0.25, 0.3) is 42.2 Å². The second-order valence-electron chi connectivity index (χ2n) is 27.8. The van der Waals surface area contributed by atoms with Gasteiger partial charge in [-0.05, 0) is 180 Å². The van der Waals surface area contributed by atoms with Gasteiger partial charge in [-0.1, -0.05) is 55.4 Å². The van der Waals surface area contributed by atoms with Crippen LogP contribution in [0.25, 0.3) is 5.57 Å². The van der Waals surface area contributed by atoms with E-state index in [4.69, 9.17) is 4.52 Å². The van der Waals surface area contributed by atoms with Gasteiger partial charge >= 0.3 is 5.97 Å². The third kappa shape index (κ3) is 19.1. The average Bonchev–Trinajstić information content (AvgIpc) is 1.59. The number of fused-ring (bicyclic) bond motifs is 2. The molecule has 103 heavy (non-hydrogen) atoms. The summed E-state index contributed by atoms with van der Waals surface area (Å²) in [6, 6.07) is 13.5. The molecule has 0 unspecified atom stereocenters. The number of unbranched alkanes of at least 4 members (excludes halogenated alkanes) is 4. The molecule has 2 aromatic heterocycles. The van der Waals surface area contributed by atoms with Crippen LogP contribution in [0, 0.1) is 0 Å². The number of H-pyrrole nitrogens is 1. The molecule has 4 amide bonds. The smallest absolute Gasteiger partial charge is 0.326 e. The minimum Gasteiger partial charge on any atom is -0.748 e. The molecule has 2 fully saturated rings. The molecule has 0 spiro atoms. The van der Waals surface area contributed by atoms with E-state index in [0.29, 0.717) is 92.5 Å². The van der Waals surface area contributed by atoms with Crippen molar-refractivity contribution in [2.75, 3.05) is 42.6 Å². The number of likely N-dealkylation sites (tertiary alicyclic amines) is 1. The van der Waals surface area contributed by atoms with Crippen molar-refractivity contribution in [2.24, 2.45) is 0 Å². The fraction of sp³-hybridized carbons (Fsp3) is 0.471. The third-order valence-corrected chi connectivity index (χ3v) is 22.9. The number of anilines is 1. The van der Waals surface area contributed by atoms with E-state index < -0.39 is 105 Å². The first-order valence-corrected chi connectivity index (χ1v) is 40.3. The molecule has 1 saturated heterocycles. The zero-order valence-electron chi connectivity index (χ0n) is 57.5. The number of hydrogen-bond donors (Lipinski definition) is 8. The maximum absolute atomic E-state index is 14.0. The molecule has 0 radical (unpaired) electrons. The zero-order chi connectivity index (χ0) is 74.4. The number of carboxylic acid groups (broad SMARTS) is 1. The average molecular weight is 1500 g/mol. The van der Waals surface area contributed by atoms with E-state index in [1.165, 1.54) is 41.6 Å². The number of aliphatic carboxylic acids is 1. The van der Waals surface area contributed by atoms with Crippen molar-refractivity contribution in [3.8, 4) is 0 Å². The van der Waals surface area contributed by atoms with Crippen LogP contribution in [-0.2, 0) is 72.1 Å². The van der Waals surface area contributed by atoms with Crippen molar-refractivity contribution in [3.05, 3.63) is 153 Å². The van der Waals surface area contributed by atoms with Gasteiger partial charge in [0.15, 0.2) is 17.2 Å². The number of carbonyl (C=O) groups is 5. The summed E-state index contributed by atoms with van der Waals surface area (Å²) in [5.74, 6) is -3.96. The van der Waals surface area contributed by atoms with Gasteiger partial charge in [0, 0.05) is 84.7 Å². The summed E-state index contributed by atoms with van der Waals surface area (Å²) >= 11 is 0. The molecule has 8 N–H and O–H groups in total. The second-order valence-corrected chi connectivity index (χ2v) is 33.7. The lowest BCUT2D eigenvalue weighted by molar-refractivity contribution is -0.438. The molecule has 29 nitrogen and oxygen atoms in total. The number of aromatic amines is 1. The Morgan fingerprint density at radius 3 is 2.22 bits per heavy atom. The molecule has 10 rings (SSSR count). The fourth-order valence-electron chi connectivity index (χ4n) is 14.2. The molecule has 3 aliphatic heterocycles. The predicted octanol–water partition coefficient (Wildman–Crippen LogP) is 7.62. The molecule has 554 valence electrons. The summed E-state index contributed by atoms with van der Waals surface area (Å²) in [5, 5.41) is 32.2. The highest BCUT2D eigenvalue weighted by molar-refractivity contribution is 7.86. The van der Waals surface area contributed by atoms with Crippen molar-refractivity contribution in [1.82, 2.24) is 41.4 Å². The first-order chi connectivity index (χ1) is 48.6. The highest BCUT2D eigenvalue weighted by atomic mass is 32.2. The quantitative estimate of drug-likeness (QED) is 0.0114. The van der Waals surface area contributed by atoms with Crippen LogP contribution < -0.4 is 20.9 Å². The van der Waals surface area contributed by atoms with E-state index in [1.807, 2.05) is 79.7 Å². The molecule has 5 aromatic rings. The molecule has 1 saturated carbocycles. The number of hydrogen-bond acceptors (Lipinski definition) is 19. The van der Waals surface area contributed by atoms with Gasteiger partial charge in [0.1, 0.15) is 24.2 Å². The topological polar surface area (TPSA) is 439 Å². The Bertz CT molecular complexity index is 4730. The summed E-state index contributed by atoms with van der Waals surface area (Å²) in [6.45, 7) is 8.39. The molecule has 3 aromatic carbocycles. The van der Waals surface area contributed by atoms with Gasteiger partial charge in [-0.3, -0.25) is 32.8 Å². The number of carboxylic acids is 1. The van der Waals surface area contributed by atoms with Gasteiger partial charge < -0.3 is 39.9 Å². The number of allylic oxidation sites excluding steroid dienone is 8. The summed E-state index contributed by atoms with van der Waals surface area (Å²) in [7, 11) is -18.0. The Morgan fingerprint density at radius 1 is 0.806 bits per heavy atom. The van der Waals surface area contributed by atoms with Gasteiger partial charge in [0.05, 0.1) is 43.5 Å². The maximum Gasteiger partial charge on any atom is 0.326 e. The van der Waals surface area contributed by atoms with Crippen LogP contribution in [0.2, 0.25) is 0 Å². The molecule has 33 heteroatoms. The summed E-state index contributed by atoms with van der Waals surface area (Å²) in [5.41, 5.74) is 6.99. The van der Waals surface area contributed by atoms with E-state index in [-0.39, 0.29) is 91.2 Å². The van der Waals surface area contributed by atoms with Crippen molar-refractivity contribution in [3.63, 3.8) is 0 Å². The minimum absolute atomic E-state index is 0.00234. The Kier molecular flexibility index (Phi) is 23.8. The predicted molar refractivity (Wildman–Crippen MR) is 377 cm³/mol. The number of benzene rings is 3. The lowest BCUT2D eigenvalue weighted by Crippen LogP contribution is -2.51. The SMILES string of the molecule is CC1(C)C(/C=C/C2=C(c3cccc(CCCCC(=O)NCCCC[C@H](NC(=O)[C@@H]4C[C@@H](NC(=O)c5cn[nH]n5)CN4C(=O)c4cnoc4C4CC4)C(=O)O)c3)C(=C/C=C3\N(CCCCS(=O)(=O)[O-])c4ccc(S(=O)(=O)O)cc4C3(C)C)/CCC2)=[N+](CCCCS(=O)(=O)O)c2ccc(S(=O)(=O)O)cc21. The number of amides is 4. The van der Waals surface area contributed by atoms with Crippen LogP contribution in [-0.4, -0.2) is 178 Å². The Morgan fingerprint density at radius 2 is 1.53 bits per heavy atom. The van der Waals surface area contributed by atoms with Crippen LogP contribution >= 0.6 is 0 Å². The van der Waals surface area contributed by atoms with E-state index in [1.54, 1.807) is 12.1 Å². The molecule has 2 aliphatic carbocycles. The molecule has 3 atom stereocenters. The third-order valence-electron chi connectivity index (χ3n) is 19.6. The molecular weight excluding hydrogens is 1410 g/mol. The molecule has 5 heterocycles. The lowest BCUT2D eigenvalue weighted by atomic mass is 9.79. The van der Waals surface area contributed by atoms with Crippen LogP contribution in [0.5, 0.6) is 0 Å². The van der Waals surface area contributed by atoms with Gasteiger partial charge in [-0.15, -0.1) is 0 Å². The van der Waals surface area contributed by atoms with Gasteiger partial charge in [-0.25, -0.2) is 13.2 Å². The number of aryl methyl sites for hydroxylation is 1. The lowest BCUT2D eigenvalue weighted by Gasteiger charge is -2.28. The highest BCUT2D eigenvalue weighted by Crippen LogP contribution is 2.50. The van der Waals surface area contributed by atoms with E-state index in [2.05, 4.69) is 42.6 Å². The standard InChI is InChI=1S/C70H86N10O19S4/c1-69(2)53-39-50(102(93,94)95)26-28-57(53)78(33-9-11-35-100(87,88)89)60(69)30-24-45-17-14-18-46(25-31-61-70(3,4)54-40-51(103(96,97)98)27-29-58(54)79(61)34-10-12-36-101(90,91)92)63(45)48-19-13-16-44(37-48)15-5-6-21-62(81)71-32-8-7-20-55(68(85)86)75-66(83)59-38-49(74-65(82)56-42-72-77-76-56)43-80(59)67(84)52-41-73-99-64(52)47-22-23-47/h13,16,19,24-31,37,39-42,47,49,55,59H,5-12,14-15,17-18,20-23,32-36,38,43H2,1-4H3,(H8-,71,72,74,75,76,77,81,82,83,85,86,87,88,89,90,91,92,93,94,95,96,97,98)/t49-,55+,59+/m1/s1. The fourth-order valence-corrected chi connectivity index (χ4v) is 16.3. The molecule has 5 aliphatic rings. The van der Waals surface area contributed by atoms with E-state index >= 15 is 0 Å². The van der Waals surface area contributed by atoms with Gasteiger partial charge in [-0.2, -0.15) is 45.2 Å². The zero-order valence-corrected chi connectivity index (χ0v) is 60.8. The Labute approximate surface area is 598 Å². The number of nitrogens with zero attached hydrogens (tertiary/aromatic N) is 6. The van der Waals surface area contributed by atoms with Crippen LogP contribution in [0.15, 0.2) is 129 Å². The van der Waals surface area contributed by atoms with Crippen molar-refractivity contribution in [2.45, 2.75) is 182 Å². The van der Waals surface area contributed by atoms with E-state index in [9.17, 15) is 81.0 Å². The van der Waals surface area contributed by atoms with Crippen LogP contribution in [0.4, 0.5) is 11.4 Å². The summed E-state index contributed by atoms with van der Waals surface area (Å²) < 4.78 is 146. The van der Waals surface area contributed by atoms with Crippen LogP contribution in [0.1, 0.15) is 185 Å². The maximum atomic E-state index is 14.0. The van der Waals surface area contributed by atoms with Gasteiger partial charge in [0.2, 0.25) is 17.5 Å². The molecule has 0 bridgehead atoms. The summed E-state index contributed by atoms with van der Waals surface area (Å²) in [4.78, 5) is 69.3. The number of rotatable bonds is 33. The largest absolute Gasteiger partial charge is 0.748 e. The number of nitrogens with one attached hydrogen (secondary N) is 4. The minimum atomic E-state index is -4.61. The van der Waals surface area contributed by atoms with Crippen molar-refractivity contribution in [1.29, 1.82) is 0 Å². The Hall–Kier alpha value is -8.57. The second kappa shape index (κ2) is 31.8. The van der Waals surface area contributed by atoms with Crippen LogP contribution in [0.3, 0.4) is 0 Å². The van der Waals surface area contributed by atoms with Crippen molar-refractivity contribution < 1.29 is 90.1 Å². The van der Waals surface area contributed by atoms with Crippen molar-refractivity contribution >= 4 is 92.7 Å². The normalized spacial score (nSPS) is 19.3. The summed E-state index contributed by atoms with van der Waals surface area (Å²) in [6.07, 6.45) is 17.4. The first kappa shape index (κ1) is 77.1. The van der Waals surface area contributed by atoms with E-state index in [0.717, 1.165) is 52.1 Å². The highest BCUT2D eigenvalue weighted by Gasteiger charge is 2.47. The number of carbonyl (C=O) groups excluding carboxylic acids is 4. The Balaban J connectivity index is 0.843. The molecular formula is C70H86N10O19S4. The first-order valence-electron chi connectivity index (χ1n) is 34.3. The monoisotopic (exact) mass is 1500 g/mol.